The number of unbranched alkanes of at least 4 members (excludes halogenated alkanes) is 11. The molecule has 3 saturated heterocycles. The molecule has 3 aliphatic heterocycles. The third-order valence-corrected chi connectivity index (χ3v) is 15.5. The zero-order chi connectivity index (χ0) is 64.7. The molecule has 3 fully saturated rings. The van der Waals surface area contributed by atoms with Gasteiger partial charge in [-0.15, -0.1) is 0 Å². The molecule has 19 nitrogen and oxygen atoms in total. The molecule has 17 unspecified atom stereocenters. The van der Waals surface area contributed by atoms with Crippen molar-refractivity contribution in [3.8, 4) is 0 Å². The summed E-state index contributed by atoms with van der Waals surface area (Å²) >= 11 is 0. The highest BCUT2D eigenvalue weighted by Crippen LogP contribution is 2.33. The zero-order valence-electron chi connectivity index (χ0n) is 53.1. The van der Waals surface area contributed by atoms with Gasteiger partial charge in [-0.1, -0.05) is 199 Å². The number of amides is 1. The van der Waals surface area contributed by atoms with E-state index in [1.54, 1.807) is 6.08 Å². The van der Waals surface area contributed by atoms with Crippen molar-refractivity contribution in [3.63, 3.8) is 0 Å². The molecule has 0 spiro atoms. The largest absolute Gasteiger partial charge is 0.394 e. The number of carbonyl (C=O) groups excluding carboxylic acids is 1. The summed E-state index contributed by atoms with van der Waals surface area (Å²) in [4.78, 5) is 13.3. The van der Waals surface area contributed by atoms with Crippen molar-refractivity contribution in [1.82, 2.24) is 5.32 Å². The molecule has 12 N–H and O–H groups in total. The minimum atomic E-state index is -1.99. The Kier molecular flexibility index (Phi) is 44.9. The van der Waals surface area contributed by atoms with Crippen molar-refractivity contribution in [2.45, 2.75) is 272 Å². The fourth-order valence-electron chi connectivity index (χ4n) is 10.1. The first-order valence-electron chi connectivity index (χ1n) is 32.9. The van der Waals surface area contributed by atoms with Crippen LogP contribution in [0.15, 0.2) is 134 Å². The average Bonchev–Trinajstić information content (AvgIpc) is 1.40. The fourth-order valence-corrected chi connectivity index (χ4v) is 10.1. The van der Waals surface area contributed by atoms with E-state index in [4.69, 9.17) is 28.4 Å². The predicted molar refractivity (Wildman–Crippen MR) is 346 cm³/mol. The molecule has 0 saturated carbocycles. The topological polar surface area (TPSA) is 307 Å². The van der Waals surface area contributed by atoms with Crippen molar-refractivity contribution in [2.75, 3.05) is 26.4 Å². The van der Waals surface area contributed by atoms with Crippen LogP contribution < -0.4 is 5.32 Å². The van der Waals surface area contributed by atoms with Crippen LogP contribution in [0.2, 0.25) is 0 Å². The van der Waals surface area contributed by atoms with E-state index in [-0.39, 0.29) is 18.9 Å². The number of aliphatic hydroxyl groups is 11. The molecule has 0 aromatic heterocycles. The maximum Gasteiger partial charge on any atom is 0.220 e. The van der Waals surface area contributed by atoms with E-state index in [9.17, 15) is 61.0 Å². The van der Waals surface area contributed by atoms with Crippen molar-refractivity contribution < 1.29 is 89.4 Å². The van der Waals surface area contributed by atoms with Gasteiger partial charge in [0.1, 0.15) is 73.2 Å². The monoisotopic (exact) mass is 1260 g/mol. The average molecular weight is 1260 g/mol. The first-order valence-corrected chi connectivity index (χ1v) is 32.9. The molecule has 0 aliphatic carbocycles. The maximum absolute atomic E-state index is 13.3. The van der Waals surface area contributed by atoms with Crippen molar-refractivity contribution in [3.05, 3.63) is 134 Å². The molecular weight excluding hydrogens is 1140 g/mol. The van der Waals surface area contributed by atoms with Gasteiger partial charge >= 0.3 is 0 Å². The van der Waals surface area contributed by atoms with Crippen LogP contribution in [0.1, 0.15) is 168 Å². The molecule has 17 atom stereocenters. The van der Waals surface area contributed by atoms with Crippen molar-refractivity contribution in [2.24, 2.45) is 0 Å². The lowest BCUT2D eigenvalue weighted by molar-refractivity contribution is -0.379. The Morgan fingerprint density at radius 3 is 1.21 bits per heavy atom. The summed E-state index contributed by atoms with van der Waals surface area (Å²) in [6, 6.07) is -0.995. The van der Waals surface area contributed by atoms with E-state index in [0.717, 1.165) is 116 Å². The molecule has 0 aromatic rings. The summed E-state index contributed by atoms with van der Waals surface area (Å²) in [5.41, 5.74) is 0. The summed E-state index contributed by atoms with van der Waals surface area (Å²) < 4.78 is 34.2. The van der Waals surface area contributed by atoms with Crippen molar-refractivity contribution >= 4 is 5.91 Å². The molecule has 1 amide bonds. The quantitative estimate of drug-likeness (QED) is 0.0204. The molecule has 3 heterocycles. The number of rotatable bonds is 47. The van der Waals surface area contributed by atoms with E-state index < -0.39 is 124 Å². The molecule has 3 rings (SSSR count). The number of allylic oxidation sites excluding steroid dienone is 21. The van der Waals surface area contributed by atoms with Gasteiger partial charge in [0.15, 0.2) is 18.9 Å². The molecule has 0 bridgehead atoms. The Labute approximate surface area is 530 Å². The van der Waals surface area contributed by atoms with Gasteiger partial charge in [-0.3, -0.25) is 4.79 Å². The van der Waals surface area contributed by atoms with Crippen LogP contribution in [0.4, 0.5) is 0 Å². The number of ether oxygens (including phenoxy) is 6. The van der Waals surface area contributed by atoms with Gasteiger partial charge in [0.05, 0.1) is 38.6 Å². The number of aliphatic hydroxyl groups excluding tert-OH is 11. The van der Waals surface area contributed by atoms with Gasteiger partial charge < -0.3 is 89.9 Å². The summed E-state index contributed by atoms with van der Waals surface area (Å²) in [5.74, 6) is -0.310. The Hall–Kier alpha value is -4.07. The standard InChI is InChI=1S/C70H113NO18/c1-3-5-7-9-11-13-14-15-16-17-18-19-20-21-22-23-24-25-26-27-28-29-30-31-32-33-34-35-36-37-38-40-42-44-46-48-58(76)71-53(54(75)47-45-43-41-39-12-10-8-6-4-2)52-84-68-64(82)61(79)66(56(50-73)86-68)89-70-65(83)62(80)67(57(51-74)87-70)88-69-63(81)60(78)59(77)55(49-72)85-69/h5,7,11,13,15-16,18-19,21-22,24-25,27-28,30-31,33-34,36-37,45,47,53-57,59-70,72-75,77-83H,3-4,6,8-10,12,14,17,20,23,26,29,32,35,38-44,46,48-52H2,1-2H3,(H,71,76)/b7-5-,13-11-,16-15-,19-18-,22-21-,25-24-,28-27-,31-30-,34-33-,37-36-,47-45+. The van der Waals surface area contributed by atoms with Gasteiger partial charge in [0, 0.05) is 6.42 Å². The number of nitrogens with one attached hydrogen (secondary N) is 1. The normalized spacial score (nSPS) is 29.1. The molecule has 89 heavy (non-hydrogen) atoms. The lowest BCUT2D eigenvalue weighted by Crippen LogP contribution is -2.66. The first kappa shape index (κ1) is 79.2. The van der Waals surface area contributed by atoms with E-state index in [2.05, 4.69) is 141 Å². The van der Waals surface area contributed by atoms with Crippen molar-refractivity contribution in [1.29, 1.82) is 0 Å². The highest BCUT2D eigenvalue weighted by molar-refractivity contribution is 5.76. The maximum atomic E-state index is 13.3. The van der Waals surface area contributed by atoms with Gasteiger partial charge in [-0.05, 0) is 96.3 Å². The second-order valence-corrected chi connectivity index (χ2v) is 22.8. The second-order valence-electron chi connectivity index (χ2n) is 22.8. The Balaban J connectivity index is 1.37. The summed E-state index contributed by atoms with van der Waals surface area (Å²) in [6.07, 6.45) is 43.2. The highest BCUT2D eigenvalue weighted by atomic mass is 16.8. The van der Waals surface area contributed by atoms with Crippen LogP contribution in [-0.4, -0.2) is 193 Å². The fraction of sp³-hybridized carbons (Fsp3) is 0.671. The predicted octanol–water partition coefficient (Wildman–Crippen LogP) is 7.82. The zero-order valence-corrected chi connectivity index (χ0v) is 53.1. The molecule has 3 aliphatic rings. The number of hydrogen-bond acceptors (Lipinski definition) is 18. The molecule has 0 radical (unpaired) electrons. The third kappa shape index (κ3) is 32.9. The van der Waals surface area contributed by atoms with E-state index in [1.807, 2.05) is 6.08 Å². The number of carbonyl (C=O) groups is 1. The van der Waals surface area contributed by atoms with Crippen LogP contribution in [0, 0.1) is 0 Å². The molecule has 19 heteroatoms. The van der Waals surface area contributed by atoms with E-state index in [0.29, 0.717) is 6.42 Å². The van der Waals surface area contributed by atoms with Gasteiger partial charge in [0.25, 0.3) is 0 Å². The minimum Gasteiger partial charge on any atom is -0.394 e. The smallest absolute Gasteiger partial charge is 0.220 e. The van der Waals surface area contributed by atoms with Crippen LogP contribution >= 0.6 is 0 Å². The Morgan fingerprint density at radius 1 is 0.416 bits per heavy atom. The Morgan fingerprint density at radius 2 is 0.775 bits per heavy atom. The van der Waals surface area contributed by atoms with E-state index >= 15 is 0 Å². The molecule has 0 aromatic carbocycles. The van der Waals surface area contributed by atoms with Crippen LogP contribution in [0.25, 0.3) is 0 Å². The van der Waals surface area contributed by atoms with Crippen LogP contribution in [0.3, 0.4) is 0 Å². The second kappa shape index (κ2) is 50.5. The minimum absolute atomic E-state index is 0.203. The summed E-state index contributed by atoms with van der Waals surface area (Å²) in [5, 5.41) is 120. The lowest BCUT2D eigenvalue weighted by atomic mass is 9.96. The lowest BCUT2D eigenvalue weighted by Gasteiger charge is -2.48. The van der Waals surface area contributed by atoms with E-state index in [1.165, 1.54) is 25.7 Å². The van der Waals surface area contributed by atoms with Crippen LogP contribution in [0.5, 0.6) is 0 Å². The third-order valence-electron chi connectivity index (χ3n) is 15.5. The number of hydrogen-bond donors (Lipinski definition) is 12. The summed E-state index contributed by atoms with van der Waals surface area (Å²) in [6.45, 7) is 1.51. The van der Waals surface area contributed by atoms with Crippen LogP contribution in [-0.2, 0) is 33.2 Å². The molecular formula is C70H113NO18. The van der Waals surface area contributed by atoms with Gasteiger partial charge in [-0.25, -0.2) is 0 Å². The van der Waals surface area contributed by atoms with Gasteiger partial charge in [0.2, 0.25) is 5.91 Å². The Bertz CT molecular complexity index is 2130. The summed E-state index contributed by atoms with van der Waals surface area (Å²) in [7, 11) is 0. The highest BCUT2D eigenvalue weighted by Gasteiger charge is 2.53. The van der Waals surface area contributed by atoms with Gasteiger partial charge in [-0.2, -0.15) is 0 Å². The SMILES string of the molecule is CC/C=C\C/C=C\C/C=C\C/C=C\C/C=C\C/C=C\C/C=C\C/C=C\C/C=C\C/C=C\CCCCCCC(=O)NC(COC1OC(CO)C(OC2OC(CO)C(OC3OC(CO)C(O)C(O)C3O)C(O)C2O)C(O)C1O)C(O)/C=C/CCCCCCCCC. The first-order chi connectivity index (χ1) is 43.3. The molecule has 506 valence electrons.